The molecule has 0 aliphatic heterocycles. The molecular formula is C10H10F5N. The third kappa shape index (κ3) is 2.32. The number of alkyl halides is 5. The molecule has 0 aliphatic rings. The Morgan fingerprint density at radius 1 is 1.00 bits per heavy atom. The van der Waals surface area contributed by atoms with Crippen LogP contribution in [0.1, 0.15) is 17.2 Å². The Hall–Kier alpha value is -1.17. The molecule has 0 spiro atoms. The smallest absolute Gasteiger partial charge is 0.319 e. The van der Waals surface area contributed by atoms with Crippen molar-refractivity contribution in [2.45, 2.75) is 25.1 Å². The summed E-state index contributed by atoms with van der Waals surface area (Å²) < 4.78 is 61.8. The van der Waals surface area contributed by atoms with E-state index >= 15 is 0 Å². The Morgan fingerprint density at radius 3 is 1.81 bits per heavy atom. The van der Waals surface area contributed by atoms with E-state index in [-0.39, 0.29) is 5.56 Å². The highest BCUT2D eigenvalue weighted by molar-refractivity contribution is 5.25. The van der Waals surface area contributed by atoms with Gasteiger partial charge in [-0.05, 0) is 12.5 Å². The van der Waals surface area contributed by atoms with Gasteiger partial charge in [0.15, 0.2) is 0 Å². The lowest BCUT2D eigenvalue weighted by molar-refractivity contribution is -0.291. The minimum absolute atomic E-state index is 0.243. The zero-order valence-corrected chi connectivity index (χ0v) is 8.35. The Morgan fingerprint density at radius 2 is 1.44 bits per heavy atom. The van der Waals surface area contributed by atoms with E-state index in [9.17, 15) is 22.0 Å². The van der Waals surface area contributed by atoms with Crippen LogP contribution in [0.5, 0.6) is 0 Å². The van der Waals surface area contributed by atoms with Gasteiger partial charge in [0, 0.05) is 0 Å². The van der Waals surface area contributed by atoms with E-state index in [1.54, 1.807) is 6.92 Å². The van der Waals surface area contributed by atoms with E-state index in [1.807, 2.05) is 0 Å². The van der Waals surface area contributed by atoms with Crippen molar-refractivity contribution in [3.8, 4) is 0 Å². The summed E-state index contributed by atoms with van der Waals surface area (Å²) in [5.74, 6) is -4.93. The number of aryl methyl sites for hydroxylation is 1. The summed E-state index contributed by atoms with van der Waals surface area (Å²) in [4.78, 5) is 0. The molecule has 90 valence electrons. The zero-order chi connectivity index (χ0) is 12.6. The predicted molar refractivity (Wildman–Crippen MR) is 49.1 cm³/mol. The maximum Gasteiger partial charge on any atom is 0.455 e. The molecule has 0 saturated heterocycles. The highest BCUT2D eigenvalue weighted by Gasteiger charge is 2.61. The number of benzene rings is 1. The Kier molecular flexibility index (Phi) is 3.23. The van der Waals surface area contributed by atoms with Gasteiger partial charge in [-0.2, -0.15) is 22.0 Å². The van der Waals surface area contributed by atoms with Gasteiger partial charge in [-0.15, -0.1) is 0 Å². The van der Waals surface area contributed by atoms with Crippen LogP contribution in [0.4, 0.5) is 22.0 Å². The van der Waals surface area contributed by atoms with Crippen LogP contribution < -0.4 is 5.73 Å². The van der Waals surface area contributed by atoms with Crippen LogP contribution in [0.15, 0.2) is 24.3 Å². The van der Waals surface area contributed by atoms with Gasteiger partial charge in [0.1, 0.15) is 6.04 Å². The van der Waals surface area contributed by atoms with Gasteiger partial charge < -0.3 is 5.73 Å². The van der Waals surface area contributed by atoms with Gasteiger partial charge in [0.25, 0.3) is 0 Å². The quantitative estimate of drug-likeness (QED) is 0.788. The standard InChI is InChI=1S/C10H10F5N/c1-6-2-4-7(5-3-6)8(16)9(11,12)10(13,14)15/h2-5,8H,16H2,1H3/t8-/m0/s1. The van der Waals surface area contributed by atoms with Crippen molar-refractivity contribution in [1.29, 1.82) is 0 Å². The number of halogens is 5. The van der Waals surface area contributed by atoms with E-state index in [1.165, 1.54) is 24.3 Å². The first-order valence-corrected chi connectivity index (χ1v) is 4.43. The number of nitrogens with two attached hydrogens (primary N) is 1. The third-order valence-corrected chi connectivity index (χ3v) is 2.21. The second-order valence-electron chi connectivity index (χ2n) is 3.51. The van der Waals surface area contributed by atoms with Gasteiger partial charge in [-0.25, -0.2) is 0 Å². The normalized spacial score (nSPS) is 14.9. The highest BCUT2D eigenvalue weighted by atomic mass is 19.4. The summed E-state index contributed by atoms with van der Waals surface area (Å²) in [6, 6.07) is 2.82. The van der Waals surface area contributed by atoms with Crippen LogP contribution in [0.3, 0.4) is 0 Å². The topological polar surface area (TPSA) is 26.0 Å². The van der Waals surface area contributed by atoms with Crippen LogP contribution in [0.25, 0.3) is 0 Å². The molecular weight excluding hydrogens is 229 g/mol. The van der Waals surface area contributed by atoms with E-state index in [4.69, 9.17) is 5.73 Å². The highest BCUT2D eigenvalue weighted by Crippen LogP contribution is 2.43. The van der Waals surface area contributed by atoms with Crippen molar-refractivity contribution in [3.63, 3.8) is 0 Å². The molecule has 0 unspecified atom stereocenters. The monoisotopic (exact) mass is 239 g/mol. The van der Waals surface area contributed by atoms with Crippen LogP contribution in [-0.2, 0) is 0 Å². The molecule has 1 rings (SSSR count). The fourth-order valence-electron chi connectivity index (χ4n) is 1.16. The van der Waals surface area contributed by atoms with Crippen LogP contribution in [0, 0.1) is 6.92 Å². The third-order valence-electron chi connectivity index (χ3n) is 2.21. The fourth-order valence-corrected chi connectivity index (χ4v) is 1.16. The summed E-state index contributed by atoms with van der Waals surface area (Å²) in [5, 5.41) is 0. The average molecular weight is 239 g/mol. The maximum atomic E-state index is 12.9. The average Bonchev–Trinajstić information content (AvgIpc) is 2.16. The summed E-state index contributed by atoms with van der Waals surface area (Å²) in [7, 11) is 0. The molecule has 1 nitrogen and oxygen atoms in total. The molecule has 1 aromatic rings. The molecule has 0 saturated carbocycles. The van der Waals surface area contributed by atoms with Crippen molar-refractivity contribution >= 4 is 0 Å². The minimum Gasteiger partial charge on any atom is -0.319 e. The molecule has 0 aliphatic carbocycles. The van der Waals surface area contributed by atoms with E-state index in [0.29, 0.717) is 0 Å². The zero-order valence-electron chi connectivity index (χ0n) is 8.35. The molecule has 1 aromatic carbocycles. The van der Waals surface area contributed by atoms with Crippen molar-refractivity contribution in [2.75, 3.05) is 0 Å². The predicted octanol–water partition coefficient (Wildman–Crippen LogP) is 3.19. The van der Waals surface area contributed by atoms with Gasteiger partial charge >= 0.3 is 12.1 Å². The van der Waals surface area contributed by atoms with Gasteiger partial charge in [-0.1, -0.05) is 29.8 Å². The lowest BCUT2D eigenvalue weighted by Gasteiger charge is -2.25. The molecule has 6 heteroatoms. The lowest BCUT2D eigenvalue weighted by atomic mass is 10.00. The first-order valence-electron chi connectivity index (χ1n) is 4.43. The largest absolute Gasteiger partial charge is 0.455 e. The van der Waals surface area contributed by atoms with Crippen molar-refractivity contribution < 1.29 is 22.0 Å². The second-order valence-corrected chi connectivity index (χ2v) is 3.51. The summed E-state index contributed by atoms with van der Waals surface area (Å²) in [5.41, 5.74) is 5.45. The molecule has 0 radical (unpaired) electrons. The molecule has 16 heavy (non-hydrogen) atoms. The number of hydrogen-bond acceptors (Lipinski definition) is 1. The van der Waals surface area contributed by atoms with Crippen LogP contribution >= 0.6 is 0 Å². The summed E-state index contributed by atoms with van der Waals surface area (Å²) >= 11 is 0. The molecule has 0 heterocycles. The lowest BCUT2D eigenvalue weighted by Crippen LogP contribution is -2.45. The van der Waals surface area contributed by atoms with E-state index in [2.05, 4.69) is 0 Å². The number of hydrogen-bond donors (Lipinski definition) is 1. The van der Waals surface area contributed by atoms with Gasteiger partial charge in [-0.3, -0.25) is 0 Å². The Labute approximate surface area is 89.1 Å². The van der Waals surface area contributed by atoms with E-state index < -0.39 is 18.1 Å². The first-order chi connectivity index (χ1) is 7.16. The Balaban J connectivity index is 3.02. The Bertz CT molecular complexity index is 354. The molecule has 2 N–H and O–H groups in total. The molecule has 0 aromatic heterocycles. The van der Waals surface area contributed by atoms with Crippen LogP contribution in [-0.4, -0.2) is 12.1 Å². The fraction of sp³-hybridized carbons (Fsp3) is 0.400. The van der Waals surface area contributed by atoms with Gasteiger partial charge in [0.2, 0.25) is 0 Å². The van der Waals surface area contributed by atoms with Crippen molar-refractivity contribution in [3.05, 3.63) is 35.4 Å². The number of rotatable bonds is 2. The maximum absolute atomic E-state index is 12.9. The molecule has 0 bridgehead atoms. The SMILES string of the molecule is Cc1ccc([C@H](N)C(F)(F)C(F)(F)F)cc1. The second kappa shape index (κ2) is 4.01. The van der Waals surface area contributed by atoms with Crippen molar-refractivity contribution in [1.82, 2.24) is 0 Å². The van der Waals surface area contributed by atoms with Crippen molar-refractivity contribution in [2.24, 2.45) is 5.73 Å². The summed E-state index contributed by atoms with van der Waals surface area (Å²) in [6.45, 7) is 1.69. The molecule has 0 fully saturated rings. The van der Waals surface area contributed by atoms with E-state index in [0.717, 1.165) is 5.56 Å². The molecule has 1 atom stereocenters. The minimum atomic E-state index is -5.64. The molecule has 0 amide bonds. The summed E-state index contributed by atoms with van der Waals surface area (Å²) in [6.07, 6.45) is -5.64. The first kappa shape index (κ1) is 12.9. The van der Waals surface area contributed by atoms with Gasteiger partial charge in [0.05, 0.1) is 0 Å². The van der Waals surface area contributed by atoms with Crippen LogP contribution in [0.2, 0.25) is 0 Å².